The van der Waals surface area contributed by atoms with Crippen molar-refractivity contribution in [3.8, 4) is 0 Å². The maximum atomic E-state index is 13.4. The molecule has 1 unspecified atom stereocenters. The average molecular weight is 526 g/mol. The standard InChI is InChI=1S/C31H31N3O5/c1-20(2)29(30(38)32-26-12-8-7-11-25(26)21(3)17-28(36)37)23-15-13-22(14-16-23)18-34-27(35)19-39-31(33-34)24-9-5-4-6-10-24/h4-17,20,29H,18-19H2,1-3H3,(H,32,38)(H,36,37)/b21-17+. The third-order valence-electron chi connectivity index (χ3n) is 6.42. The SMILES string of the molecule is C/C(=C\C(=O)O)c1ccccc1NC(=O)C(c1ccc(CN2N=C(c3ccccc3)OCC2=O)cc1)C(C)C. The number of para-hydroxylation sites is 1. The number of hydrogen-bond acceptors (Lipinski definition) is 5. The molecular formula is C31H31N3O5. The summed E-state index contributed by atoms with van der Waals surface area (Å²) < 4.78 is 5.52. The number of anilines is 1. The molecule has 8 nitrogen and oxygen atoms in total. The second kappa shape index (κ2) is 12.2. The first-order valence-corrected chi connectivity index (χ1v) is 12.7. The van der Waals surface area contributed by atoms with Gasteiger partial charge in [-0.15, -0.1) is 5.10 Å². The number of benzene rings is 3. The summed E-state index contributed by atoms with van der Waals surface area (Å²) in [7, 11) is 0. The van der Waals surface area contributed by atoms with Crippen LogP contribution in [-0.2, 0) is 25.7 Å². The highest BCUT2D eigenvalue weighted by Gasteiger charge is 2.26. The molecule has 3 aromatic rings. The highest BCUT2D eigenvalue weighted by molar-refractivity contribution is 6.00. The van der Waals surface area contributed by atoms with Crippen LogP contribution in [0.5, 0.6) is 0 Å². The molecule has 1 atom stereocenters. The molecule has 0 spiro atoms. The monoisotopic (exact) mass is 525 g/mol. The maximum Gasteiger partial charge on any atom is 0.328 e. The molecule has 1 aliphatic rings. The van der Waals surface area contributed by atoms with Gasteiger partial charge in [-0.2, -0.15) is 0 Å². The van der Waals surface area contributed by atoms with Gasteiger partial charge in [0.2, 0.25) is 11.8 Å². The molecule has 2 amide bonds. The number of nitrogens with one attached hydrogen (secondary N) is 1. The Balaban J connectivity index is 1.51. The van der Waals surface area contributed by atoms with Crippen LogP contribution in [0.1, 0.15) is 48.9 Å². The summed E-state index contributed by atoms with van der Waals surface area (Å²) in [5.74, 6) is -1.51. The van der Waals surface area contributed by atoms with Gasteiger partial charge < -0.3 is 15.2 Å². The molecule has 2 N–H and O–H groups in total. The van der Waals surface area contributed by atoms with Crippen molar-refractivity contribution in [1.82, 2.24) is 5.01 Å². The van der Waals surface area contributed by atoms with Gasteiger partial charge in [0, 0.05) is 22.9 Å². The predicted octanol–water partition coefficient (Wildman–Crippen LogP) is 5.27. The van der Waals surface area contributed by atoms with Gasteiger partial charge in [0.1, 0.15) is 0 Å². The Morgan fingerprint density at radius 3 is 2.36 bits per heavy atom. The molecule has 200 valence electrons. The summed E-state index contributed by atoms with van der Waals surface area (Å²) >= 11 is 0. The second-order valence-electron chi connectivity index (χ2n) is 9.67. The van der Waals surface area contributed by atoms with Crippen LogP contribution in [0.4, 0.5) is 5.69 Å². The number of carbonyl (C=O) groups excluding carboxylic acids is 2. The third kappa shape index (κ3) is 6.78. The summed E-state index contributed by atoms with van der Waals surface area (Å²) in [6, 6.07) is 24.1. The molecular weight excluding hydrogens is 494 g/mol. The fourth-order valence-corrected chi connectivity index (χ4v) is 4.50. The van der Waals surface area contributed by atoms with Crippen LogP contribution in [0, 0.1) is 5.92 Å². The van der Waals surface area contributed by atoms with E-state index in [0.717, 1.165) is 22.8 Å². The Morgan fingerprint density at radius 2 is 1.69 bits per heavy atom. The van der Waals surface area contributed by atoms with E-state index in [2.05, 4.69) is 10.4 Å². The van der Waals surface area contributed by atoms with Gasteiger partial charge in [-0.05, 0) is 47.7 Å². The molecule has 1 aliphatic heterocycles. The van der Waals surface area contributed by atoms with E-state index in [4.69, 9.17) is 9.84 Å². The van der Waals surface area contributed by atoms with E-state index < -0.39 is 11.9 Å². The molecule has 39 heavy (non-hydrogen) atoms. The average Bonchev–Trinajstić information content (AvgIpc) is 2.91. The van der Waals surface area contributed by atoms with E-state index in [0.29, 0.717) is 22.7 Å². The van der Waals surface area contributed by atoms with E-state index in [1.807, 2.05) is 68.4 Å². The lowest BCUT2D eigenvalue weighted by atomic mass is 9.87. The Hall–Kier alpha value is -4.72. The van der Waals surface area contributed by atoms with Crippen molar-refractivity contribution >= 4 is 34.9 Å². The summed E-state index contributed by atoms with van der Waals surface area (Å²) in [6.07, 6.45) is 1.12. The number of allylic oxidation sites excluding steroid dienone is 1. The lowest BCUT2D eigenvalue weighted by Gasteiger charge is -2.25. The van der Waals surface area contributed by atoms with Crippen molar-refractivity contribution in [1.29, 1.82) is 0 Å². The molecule has 0 aliphatic carbocycles. The summed E-state index contributed by atoms with van der Waals surface area (Å²) in [5.41, 5.74) is 4.25. The fourth-order valence-electron chi connectivity index (χ4n) is 4.50. The number of ether oxygens (including phenoxy) is 1. The highest BCUT2D eigenvalue weighted by atomic mass is 16.5. The molecule has 0 aromatic heterocycles. The lowest BCUT2D eigenvalue weighted by molar-refractivity contribution is -0.136. The predicted molar refractivity (Wildman–Crippen MR) is 150 cm³/mol. The van der Waals surface area contributed by atoms with E-state index in [1.54, 1.807) is 31.2 Å². The van der Waals surface area contributed by atoms with Crippen molar-refractivity contribution < 1.29 is 24.2 Å². The number of carboxylic acid groups (broad SMARTS) is 1. The zero-order valence-corrected chi connectivity index (χ0v) is 22.1. The number of amides is 2. The number of nitrogens with zero attached hydrogens (tertiary/aromatic N) is 2. The Kier molecular flexibility index (Phi) is 8.56. The first-order valence-electron chi connectivity index (χ1n) is 12.7. The molecule has 0 radical (unpaired) electrons. The van der Waals surface area contributed by atoms with Crippen LogP contribution in [-0.4, -0.2) is 40.4 Å². The zero-order chi connectivity index (χ0) is 27.9. The third-order valence-corrected chi connectivity index (χ3v) is 6.42. The van der Waals surface area contributed by atoms with Crippen LogP contribution in [0.15, 0.2) is 90.0 Å². The van der Waals surface area contributed by atoms with E-state index in [-0.39, 0.29) is 30.9 Å². The lowest BCUT2D eigenvalue weighted by Crippen LogP contribution is -2.36. The Morgan fingerprint density at radius 1 is 1.03 bits per heavy atom. The minimum Gasteiger partial charge on any atom is -0.478 e. The molecule has 0 saturated carbocycles. The largest absolute Gasteiger partial charge is 0.478 e. The van der Waals surface area contributed by atoms with Gasteiger partial charge in [-0.3, -0.25) is 9.59 Å². The van der Waals surface area contributed by atoms with Gasteiger partial charge in [0.15, 0.2) is 6.61 Å². The van der Waals surface area contributed by atoms with Gasteiger partial charge >= 0.3 is 5.97 Å². The van der Waals surface area contributed by atoms with Crippen LogP contribution in [0.2, 0.25) is 0 Å². The molecule has 0 saturated heterocycles. The van der Waals surface area contributed by atoms with E-state index >= 15 is 0 Å². The number of carboxylic acids is 1. The number of carbonyl (C=O) groups is 3. The fraction of sp³-hybridized carbons (Fsp3) is 0.226. The number of aliphatic carboxylic acids is 1. The van der Waals surface area contributed by atoms with Gasteiger partial charge in [0.25, 0.3) is 5.91 Å². The normalized spacial score (nSPS) is 14.5. The molecule has 4 rings (SSSR count). The van der Waals surface area contributed by atoms with Crippen LogP contribution in [0.25, 0.3) is 5.57 Å². The minimum absolute atomic E-state index is 0.00229. The molecule has 8 heteroatoms. The van der Waals surface area contributed by atoms with Gasteiger partial charge in [0.05, 0.1) is 12.5 Å². The summed E-state index contributed by atoms with van der Waals surface area (Å²) in [5, 5.41) is 17.9. The summed E-state index contributed by atoms with van der Waals surface area (Å²) in [4.78, 5) is 37.0. The maximum absolute atomic E-state index is 13.4. The molecule has 0 bridgehead atoms. The summed E-state index contributed by atoms with van der Waals surface area (Å²) in [6.45, 7) is 5.85. The van der Waals surface area contributed by atoms with Crippen LogP contribution in [0.3, 0.4) is 0 Å². The van der Waals surface area contributed by atoms with Crippen LogP contribution >= 0.6 is 0 Å². The van der Waals surface area contributed by atoms with Crippen molar-refractivity contribution in [2.45, 2.75) is 33.2 Å². The van der Waals surface area contributed by atoms with Crippen molar-refractivity contribution in [2.75, 3.05) is 11.9 Å². The Labute approximate surface area is 227 Å². The second-order valence-corrected chi connectivity index (χ2v) is 9.67. The first-order chi connectivity index (χ1) is 18.7. The van der Waals surface area contributed by atoms with Gasteiger partial charge in [-0.25, -0.2) is 9.80 Å². The first kappa shape index (κ1) is 27.3. The molecule has 0 fully saturated rings. The topological polar surface area (TPSA) is 108 Å². The van der Waals surface area contributed by atoms with Crippen molar-refractivity contribution in [3.05, 3.63) is 107 Å². The zero-order valence-electron chi connectivity index (χ0n) is 22.1. The highest BCUT2D eigenvalue weighted by Crippen LogP contribution is 2.29. The van der Waals surface area contributed by atoms with Crippen molar-refractivity contribution in [2.24, 2.45) is 11.0 Å². The van der Waals surface area contributed by atoms with E-state index in [1.165, 1.54) is 5.01 Å². The molecule has 1 heterocycles. The Bertz CT molecular complexity index is 1410. The number of hydrogen-bond donors (Lipinski definition) is 2. The molecule has 3 aromatic carbocycles. The van der Waals surface area contributed by atoms with Gasteiger partial charge in [-0.1, -0.05) is 74.5 Å². The minimum atomic E-state index is -1.05. The van der Waals surface area contributed by atoms with Crippen molar-refractivity contribution in [3.63, 3.8) is 0 Å². The number of rotatable bonds is 9. The van der Waals surface area contributed by atoms with E-state index in [9.17, 15) is 14.4 Å². The number of hydrazone groups is 1. The quantitative estimate of drug-likeness (QED) is 0.370. The smallest absolute Gasteiger partial charge is 0.328 e. The van der Waals surface area contributed by atoms with Crippen LogP contribution < -0.4 is 5.32 Å².